The van der Waals surface area contributed by atoms with Crippen LogP contribution in [0.5, 0.6) is 0 Å². The zero-order valence-electron chi connectivity index (χ0n) is 15.7. The molecule has 2 aromatic carbocycles. The van der Waals surface area contributed by atoms with Gasteiger partial charge >= 0.3 is 0 Å². The number of piperidine rings is 1. The Morgan fingerprint density at radius 1 is 1.23 bits per heavy atom. The number of hydrogen-bond acceptors (Lipinski definition) is 4. The molecule has 0 radical (unpaired) electrons. The van der Waals surface area contributed by atoms with E-state index in [9.17, 15) is 0 Å². The molecule has 2 heterocycles. The largest absolute Gasteiger partial charge is 0.399 e. The lowest BCUT2D eigenvalue weighted by Crippen LogP contribution is -2.41. The minimum atomic E-state index is 0.476. The molecule has 1 aliphatic rings. The maximum atomic E-state index is 5.89. The molecule has 1 unspecified atom stereocenters. The number of hydrogen-bond donors (Lipinski definition) is 3. The van der Waals surface area contributed by atoms with Gasteiger partial charge in [0.25, 0.3) is 0 Å². The number of aromatic nitrogens is 2. The maximum Gasteiger partial charge on any atom is 0.0651 e. The lowest BCUT2D eigenvalue weighted by Gasteiger charge is -2.33. The molecule has 1 aliphatic heterocycles. The zero-order chi connectivity index (χ0) is 18.4. The smallest absolute Gasteiger partial charge is 0.0651 e. The highest BCUT2D eigenvalue weighted by atomic mass is 15.2. The molecule has 0 spiro atoms. The normalized spacial score (nSPS) is 17.5. The van der Waals surface area contributed by atoms with Crippen LogP contribution in [-0.2, 0) is 6.54 Å². The van der Waals surface area contributed by atoms with E-state index in [4.69, 9.17) is 5.73 Å². The van der Waals surface area contributed by atoms with Crippen molar-refractivity contribution in [3.8, 4) is 0 Å². The number of likely N-dealkylation sites (tertiary alicyclic amines) is 1. The third kappa shape index (κ3) is 4.55. The fraction of sp³-hybridized carbons (Fsp3) is 0.381. The minimum Gasteiger partial charge on any atom is -0.399 e. The number of anilines is 2. The SMILES string of the molecule is CC.Nc1cccc(CN2CCCC(Nc3ccc4[nH]ncc4c3)C2)c1. The molecular weight excluding hydrogens is 322 g/mol. The average Bonchev–Trinajstić information content (AvgIpc) is 3.12. The number of H-pyrrole nitrogens is 1. The lowest BCUT2D eigenvalue weighted by atomic mass is 10.0. The fourth-order valence-electron chi connectivity index (χ4n) is 3.53. The van der Waals surface area contributed by atoms with Crippen molar-refractivity contribution in [1.29, 1.82) is 0 Å². The van der Waals surface area contributed by atoms with Gasteiger partial charge in [0, 0.05) is 35.9 Å². The van der Waals surface area contributed by atoms with E-state index in [1.54, 1.807) is 0 Å². The molecule has 4 N–H and O–H groups in total. The van der Waals surface area contributed by atoms with E-state index in [0.29, 0.717) is 6.04 Å². The van der Waals surface area contributed by atoms with Gasteiger partial charge in [-0.05, 0) is 55.3 Å². The zero-order valence-corrected chi connectivity index (χ0v) is 15.7. The third-order valence-electron chi connectivity index (χ3n) is 4.67. The van der Waals surface area contributed by atoms with E-state index in [0.717, 1.165) is 36.2 Å². The molecule has 1 aromatic heterocycles. The van der Waals surface area contributed by atoms with Crippen LogP contribution in [0.15, 0.2) is 48.7 Å². The number of fused-ring (bicyclic) bond motifs is 1. The summed E-state index contributed by atoms with van der Waals surface area (Å²) >= 11 is 0. The Bertz CT molecular complexity index is 826. The Hall–Kier alpha value is -2.53. The van der Waals surface area contributed by atoms with Crippen LogP contribution >= 0.6 is 0 Å². The first-order chi connectivity index (χ1) is 12.8. The van der Waals surface area contributed by atoms with E-state index in [1.807, 2.05) is 32.2 Å². The summed E-state index contributed by atoms with van der Waals surface area (Å²) in [6.45, 7) is 7.16. The van der Waals surface area contributed by atoms with Gasteiger partial charge in [0.1, 0.15) is 0 Å². The van der Waals surface area contributed by atoms with Gasteiger partial charge in [0.05, 0.1) is 11.7 Å². The van der Waals surface area contributed by atoms with E-state index in [-0.39, 0.29) is 0 Å². The first kappa shape index (κ1) is 18.3. The molecule has 1 atom stereocenters. The van der Waals surface area contributed by atoms with Gasteiger partial charge in [-0.15, -0.1) is 0 Å². The second-order valence-corrected chi connectivity index (χ2v) is 6.64. The quantitative estimate of drug-likeness (QED) is 0.615. The highest BCUT2D eigenvalue weighted by molar-refractivity contribution is 5.81. The summed E-state index contributed by atoms with van der Waals surface area (Å²) in [4.78, 5) is 2.51. The molecule has 4 rings (SSSR count). The van der Waals surface area contributed by atoms with Gasteiger partial charge in [-0.1, -0.05) is 26.0 Å². The second-order valence-electron chi connectivity index (χ2n) is 6.64. The van der Waals surface area contributed by atoms with Gasteiger partial charge in [0.2, 0.25) is 0 Å². The topological polar surface area (TPSA) is 70.0 Å². The van der Waals surface area contributed by atoms with Crippen LogP contribution in [0, 0.1) is 0 Å². The van der Waals surface area contributed by atoms with E-state index >= 15 is 0 Å². The highest BCUT2D eigenvalue weighted by Crippen LogP contribution is 2.21. The summed E-state index contributed by atoms with van der Waals surface area (Å²) in [5.41, 5.74) is 10.3. The molecule has 0 saturated carbocycles. The van der Waals surface area contributed by atoms with E-state index < -0.39 is 0 Å². The van der Waals surface area contributed by atoms with E-state index in [2.05, 4.69) is 50.7 Å². The summed E-state index contributed by atoms with van der Waals surface area (Å²) in [5, 5.41) is 11.9. The van der Waals surface area contributed by atoms with Crippen molar-refractivity contribution in [1.82, 2.24) is 15.1 Å². The summed E-state index contributed by atoms with van der Waals surface area (Å²) in [7, 11) is 0. The number of benzene rings is 2. The molecule has 5 nitrogen and oxygen atoms in total. The predicted octanol–water partition coefficient (Wildman–Crippen LogP) is 4.25. The van der Waals surface area contributed by atoms with Gasteiger partial charge in [-0.3, -0.25) is 10.00 Å². The monoisotopic (exact) mass is 351 g/mol. The molecule has 3 aromatic rings. The average molecular weight is 351 g/mol. The van der Waals surface area contributed by atoms with Crippen LogP contribution in [-0.4, -0.2) is 34.2 Å². The van der Waals surface area contributed by atoms with Gasteiger partial charge in [0.15, 0.2) is 0 Å². The molecule has 1 fully saturated rings. The van der Waals surface area contributed by atoms with Crippen molar-refractivity contribution in [2.24, 2.45) is 0 Å². The van der Waals surface area contributed by atoms with E-state index in [1.165, 1.54) is 24.1 Å². The number of nitrogens with two attached hydrogens (primary N) is 1. The van der Waals surface area contributed by atoms with Crippen LogP contribution in [0.25, 0.3) is 10.9 Å². The van der Waals surface area contributed by atoms with Crippen molar-refractivity contribution in [2.45, 2.75) is 39.3 Å². The van der Waals surface area contributed by atoms with Crippen molar-refractivity contribution in [3.63, 3.8) is 0 Å². The van der Waals surface area contributed by atoms with Gasteiger partial charge in [-0.25, -0.2) is 0 Å². The van der Waals surface area contributed by atoms with Crippen LogP contribution in [0.4, 0.5) is 11.4 Å². The van der Waals surface area contributed by atoms with Crippen molar-refractivity contribution in [2.75, 3.05) is 24.1 Å². The first-order valence-electron chi connectivity index (χ1n) is 9.53. The number of nitrogens with one attached hydrogen (secondary N) is 2. The first-order valence-corrected chi connectivity index (χ1v) is 9.53. The van der Waals surface area contributed by atoms with Gasteiger partial charge < -0.3 is 11.1 Å². The number of rotatable bonds is 4. The fourth-order valence-corrected chi connectivity index (χ4v) is 3.53. The molecule has 0 bridgehead atoms. The lowest BCUT2D eigenvalue weighted by molar-refractivity contribution is 0.208. The Morgan fingerprint density at radius 3 is 2.96 bits per heavy atom. The summed E-state index contributed by atoms with van der Waals surface area (Å²) in [6.07, 6.45) is 4.29. The molecule has 0 amide bonds. The Labute approximate surface area is 155 Å². The molecule has 1 saturated heterocycles. The highest BCUT2D eigenvalue weighted by Gasteiger charge is 2.20. The molecule has 26 heavy (non-hydrogen) atoms. The van der Waals surface area contributed by atoms with Crippen molar-refractivity contribution < 1.29 is 0 Å². The van der Waals surface area contributed by atoms with Crippen LogP contribution < -0.4 is 11.1 Å². The minimum absolute atomic E-state index is 0.476. The molecule has 0 aliphatic carbocycles. The number of nitrogen functional groups attached to an aromatic ring is 1. The van der Waals surface area contributed by atoms with Gasteiger partial charge in [-0.2, -0.15) is 5.10 Å². The number of aromatic amines is 1. The predicted molar refractivity (Wildman–Crippen MR) is 110 cm³/mol. The second kappa shape index (κ2) is 8.72. The molecular formula is C21H29N5. The van der Waals surface area contributed by atoms with Crippen LogP contribution in [0.3, 0.4) is 0 Å². The summed E-state index contributed by atoms with van der Waals surface area (Å²) in [6, 6.07) is 15.0. The molecule has 138 valence electrons. The number of nitrogens with zero attached hydrogens (tertiary/aromatic N) is 2. The van der Waals surface area contributed by atoms with Crippen LogP contribution in [0.1, 0.15) is 32.3 Å². The third-order valence-corrected chi connectivity index (χ3v) is 4.67. The Balaban J connectivity index is 0.000000948. The van der Waals surface area contributed by atoms with Crippen molar-refractivity contribution in [3.05, 3.63) is 54.2 Å². The summed E-state index contributed by atoms with van der Waals surface area (Å²) < 4.78 is 0. The Morgan fingerprint density at radius 2 is 2.12 bits per heavy atom. The standard InChI is InChI=1S/C19H23N5.C2H6/c20-16-4-1-3-14(9-16)12-24-8-2-5-18(13-24)22-17-6-7-19-15(10-17)11-21-23-19;1-2/h1,3-4,6-7,9-11,18,22H,2,5,8,12-13,20H2,(H,21,23);1-2H3. The summed E-state index contributed by atoms with van der Waals surface area (Å²) in [5.74, 6) is 0. The van der Waals surface area contributed by atoms with Crippen molar-refractivity contribution >= 4 is 22.3 Å². The van der Waals surface area contributed by atoms with Crippen LogP contribution in [0.2, 0.25) is 0 Å². The Kier molecular flexibility index (Phi) is 6.12. The maximum absolute atomic E-state index is 5.89. The molecule has 5 heteroatoms.